The molecule has 0 fully saturated rings. The second kappa shape index (κ2) is 10.9. The largest absolute Gasteiger partial charge is 0.355 e. The maximum absolute atomic E-state index is 12.3. The molecule has 0 unspecified atom stereocenters. The summed E-state index contributed by atoms with van der Waals surface area (Å²) in [4.78, 5) is 23.9. The third kappa shape index (κ3) is 5.48. The maximum atomic E-state index is 12.3. The third-order valence-electron chi connectivity index (χ3n) is 4.73. The number of benzene rings is 2. The number of nitrogens with one attached hydrogen (secondary N) is 2. The maximum Gasteiger partial charge on any atom is 0.251 e. The van der Waals surface area contributed by atoms with Gasteiger partial charge in [-0.3, -0.25) is 9.59 Å². The van der Waals surface area contributed by atoms with Gasteiger partial charge in [0.15, 0.2) is 0 Å². The summed E-state index contributed by atoms with van der Waals surface area (Å²) in [5.74, 6) is -0.294. The Bertz CT molecular complexity index is 1170. The number of alkyl halides is 1. The molecule has 0 aliphatic carbocycles. The number of carbonyl (C=O) groups excluding carboxylic acids is 2. The predicted molar refractivity (Wildman–Crippen MR) is 131 cm³/mol. The molecule has 166 valence electrons. The molecule has 9 heteroatoms. The Hall–Kier alpha value is -2.44. The van der Waals surface area contributed by atoms with E-state index in [1.807, 2.05) is 0 Å². The number of rotatable bonds is 7. The van der Waals surface area contributed by atoms with E-state index in [0.29, 0.717) is 32.0 Å². The van der Waals surface area contributed by atoms with Crippen LogP contribution in [0.1, 0.15) is 27.2 Å². The lowest BCUT2D eigenvalue weighted by atomic mass is 10.1. The van der Waals surface area contributed by atoms with Crippen molar-refractivity contribution < 1.29 is 9.59 Å². The van der Waals surface area contributed by atoms with Crippen molar-refractivity contribution in [3.8, 4) is 5.69 Å². The average Bonchev–Trinajstić information content (AvgIpc) is 3.16. The van der Waals surface area contributed by atoms with E-state index >= 15 is 0 Å². The van der Waals surface area contributed by atoms with E-state index < -0.39 is 0 Å². The van der Waals surface area contributed by atoms with Crippen LogP contribution in [0.5, 0.6) is 0 Å². The van der Waals surface area contributed by atoms with Gasteiger partial charge in [0.25, 0.3) is 5.91 Å². The van der Waals surface area contributed by atoms with Gasteiger partial charge in [0.2, 0.25) is 5.91 Å². The summed E-state index contributed by atoms with van der Waals surface area (Å²) < 4.78 is 1.73. The minimum atomic E-state index is -0.284. The van der Waals surface area contributed by atoms with E-state index in [9.17, 15) is 9.59 Å². The van der Waals surface area contributed by atoms with Gasteiger partial charge in [-0.25, -0.2) is 0 Å². The van der Waals surface area contributed by atoms with Gasteiger partial charge in [0, 0.05) is 35.0 Å². The first-order chi connectivity index (χ1) is 15.3. The molecule has 3 aromatic rings. The first-order valence-electron chi connectivity index (χ1n) is 9.53. The van der Waals surface area contributed by atoms with Crippen molar-refractivity contribution in [2.45, 2.75) is 12.4 Å². The molecule has 3 rings (SSSR count). The Morgan fingerprint density at radius 2 is 1.72 bits per heavy atom. The summed E-state index contributed by atoms with van der Waals surface area (Å²) in [6.45, 7) is 0.223. The molecule has 32 heavy (non-hydrogen) atoms. The molecular weight excluding hydrogens is 492 g/mol. The number of aromatic nitrogens is 1. The second-order valence-electron chi connectivity index (χ2n) is 6.73. The molecule has 0 spiro atoms. The summed E-state index contributed by atoms with van der Waals surface area (Å²) in [5, 5.41) is 6.70. The fraction of sp³-hybridized carbons (Fsp3) is 0.130. The van der Waals surface area contributed by atoms with Crippen molar-refractivity contribution in [2.24, 2.45) is 0 Å². The van der Waals surface area contributed by atoms with E-state index in [1.165, 1.54) is 6.08 Å². The quantitative estimate of drug-likeness (QED) is 0.308. The predicted octanol–water partition coefficient (Wildman–Crippen LogP) is 5.87. The first kappa shape index (κ1) is 24.2. The van der Waals surface area contributed by atoms with Crippen LogP contribution in [0.4, 0.5) is 0 Å². The van der Waals surface area contributed by atoms with Crippen LogP contribution in [-0.2, 0) is 17.2 Å². The third-order valence-corrected chi connectivity index (χ3v) is 6.06. The molecule has 0 aliphatic rings. The first-order valence-corrected chi connectivity index (χ1v) is 11.2. The van der Waals surface area contributed by atoms with Gasteiger partial charge in [0.05, 0.1) is 23.1 Å². The highest BCUT2D eigenvalue weighted by Crippen LogP contribution is 2.34. The lowest BCUT2D eigenvalue weighted by molar-refractivity contribution is -0.116. The normalized spacial score (nSPS) is 11.0. The number of hydrogen-bond donors (Lipinski definition) is 2. The van der Waals surface area contributed by atoms with Gasteiger partial charge in [0.1, 0.15) is 5.15 Å². The average molecular weight is 511 g/mol. The van der Waals surface area contributed by atoms with E-state index in [4.69, 9.17) is 46.4 Å². The summed E-state index contributed by atoms with van der Waals surface area (Å²) in [6, 6.07) is 13.9. The molecule has 2 amide bonds. The highest BCUT2D eigenvalue weighted by atomic mass is 35.5. The van der Waals surface area contributed by atoms with Crippen molar-refractivity contribution in [1.29, 1.82) is 0 Å². The van der Waals surface area contributed by atoms with Gasteiger partial charge < -0.3 is 15.2 Å². The van der Waals surface area contributed by atoms with Crippen molar-refractivity contribution in [3.63, 3.8) is 0 Å². The fourth-order valence-corrected chi connectivity index (χ4v) is 4.30. The summed E-state index contributed by atoms with van der Waals surface area (Å²) in [7, 11) is 1.57. The Labute approximate surface area is 205 Å². The lowest BCUT2D eigenvalue weighted by Gasteiger charge is -2.15. The zero-order valence-corrected chi connectivity index (χ0v) is 20.0. The zero-order chi connectivity index (χ0) is 23.3. The van der Waals surface area contributed by atoms with Gasteiger partial charge in [-0.05, 0) is 48.0 Å². The van der Waals surface area contributed by atoms with Crippen LogP contribution in [0.2, 0.25) is 15.2 Å². The van der Waals surface area contributed by atoms with E-state index in [-0.39, 0.29) is 24.2 Å². The number of hydrogen-bond acceptors (Lipinski definition) is 2. The number of carbonyl (C=O) groups is 2. The van der Waals surface area contributed by atoms with Crippen molar-refractivity contribution >= 4 is 64.3 Å². The molecule has 5 nitrogen and oxygen atoms in total. The number of halogens is 4. The molecule has 0 aliphatic heterocycles. The molecule has 0 bridgehead atoms. The van der Waals surface area contributed by atoms with Crippen LogP contribution in [0, 0.1) is 0 Å². The van der Waals surface area contributed by atoms with E-state index in [0.717, 1.165) is 11.3 Å². The van der Waals surface area contributed by atoms with E-state index in [2.05, 4.69) is 10.6 Å². The summed E-state index contributed by atoms with van der Waals surface area (Å²) in [6.07, 6.45) is 3.09. The molecule has 0 radical (unpaired) electrons. The second-order valence-corrected chi connectivity index (χ2v) is 8.17. The van der Waals surface area contributed by atoms with Crippen LogP contribution < -0.4 is 10.6 Å². The summed E-state index contributed by atoms with van der Waals surface area (Å²) in [5.41, 5.74) is 3.30. The van der Waals surface area contributed by atoms with Crippen LogP contribution in [0.15, 0.2) is 54.6 Å². The van der Waals surface area contributed by atoms with Crippen molar-refractivity contribution in [3.05, 3.63) is 92.2 Å². The Kier molecular flexibility index (Phi) is 8.26. The molecule has 1 heterocycles. The molecule has 0 saturated heterocycles. The minimum absolute atomic E-state index is 0.158. The SMILES string of the molecule is CNC(=O)c1ccc(C=CC(=O)NCc2ccc(Cl)n2-c2ccc(Cl)c(CCl)c2Cl)cc1. The monoisotopic (exact) mass is 509 g/mol. The highest BCUT2D eigenvalue weighted by Gasteiger charge is 2.16. The molecule has 2 N–H and O–H groups in total. The number of amides is 2. The van der Waals surface area contributed by atoms with Crippen LogP contribution >= 0.6 is 46.4 Å². The van der Waals surface area contributed by atoms with Crippen LogP contribution in [0.25, 0.3) is 11.8 Å². The van der Waals surface area contributed by atoms with Gasteiger partial charge in [-0.2, -0.15) is 0 Å². The smallest absolute Gasteiger partial charge is 0.251 e. The van der Waals surface area contributed by atoms with Crippen molar-refractivity contribution in [1.82, 2.24) is 15.2 Å². The highest BCUT2D eigenvalue weighted by molar-refractivity contribution is 6.38. The zero-order valence-electron chi connectivity index (χ0n) is 17.0. The van der Waals surface area contributed by atoms with Crippen LogP contribution in [-0.4, -0.2) is 23.4 Å². The molecule has 0 saturated carbocycles. The Balaban J connectivity index is 1.71. The minimum Gasteiger partial charge on any atom is -0.355 e. The molecular formula is C23H19Cl4N3O2. The summed E-state index contributed by atoms with van der Waals surface area (Å²) >= 11 is 25.0. The van der Waals surface area contributed by atoms with Gasteiger partial charge in [-0.15, -0.1) is 11.6 Å². The van der Waals surface area contributed by atoms with Crippen molar-refractivity contribution in [2.75, 3.05) is 7.05 Å². The molecule has 0 atom stereocenters. The number of nitrogens with zero attached hydrogens (tertiary/aromatic N) is 1. The molecule has 2 aromatic carbocycles. The topological polar surface area (TPSA) is 63.1 Å². The Morgan fingerprint density at radius 3 is 2.38 bits per heavy atom. The standard InChI is InChI=1S/C23H19Cl4N3O2/c1-28-23(32)15-5-2-14(3-6-15)4-11-21(31)29-13-16-7-10-20(26)30(16)19-9-8-18(25)17(12-24)22(19)27/h2-11H,12-13H2,1H3,(H,28,32)(H,29,31). The van der Waals surface area contributed by atoms with Gasteiger partial charge in [-0.1, -0.05) is 46.9 Å². The van der Waals surface area contributed by atoms with Crippen LogP contribution in [0.3, 0.4) is 0 Å². The Morgan fingerprint density at radius 1 is 1.00 bits per heavy atom. The fourth-order valence-electron chi connectivity index (χ4n) is 3.04. The van der Waals surface area contributed by atoms with E-state index in [1.54, 1.807) is 66.2 Å². The van der Waals surface area contributed by atoms with Gasteiger partial charge >= 0.3 is 0 Å². The molecule has 1 aromatic heterocycles. The lowest BCUT2D eigenvalue weighted by Crippen LogP contribution is -2.22.